The second-order valence-electron chi connectivity index (χ2n) is 7.86. The lowest BCUT2D eigenvalue weighted by Crippen LogP contribution is -2.55. The Hall–Kier alpha value is -2.12. The van der Waals surface area contributed by atoms with E-state index in [1.807, 2.05) is 11.9 Å². The van der Waals surface area contributed by atoms with Crippen molar-refractivity contribution in [3.8, 4) is 0 Å². The SMILES string of the molecule is CN=C(NCCCN(C)Cc1ccccc1)N1CCN(C(=O)C2CCCO2)CC1. The zero-order valence-electron chi connectivity index (χ0n) is 17.8. The summed E-state index contributed by atoms with van der Waals surface area (Å²) in [6, 6.07) is 10.6. The van der Waals surface area contributed by atoms with Crippen LogP contribution in [0.2, 0.25) is 0 Å². The maximum atomic E-state index is 12.5. The van der Waals surface area contributed by atoms with E-state index < -0.39 is 0 Å². The predicted octanol–water partition coefficient (Wildman–Crippen LogP) is 1.41. The van der Waals surface area contributed by atoms with Crippen LogP contribution in [0.4, 0.5) is 0 Å². The minimum atomic E-state index is -0.216. The second-order valence-corrected chi connectivity index (χ2v) is 7.86. The number of hydrogen-bond acceptors (Lipinski definition) is 4. The molecule has 0 radical (unpaired) electrons. The number of amides is 1. The fourth-order valence-electron chi connectivity index (χ4n) is 3.97. The van der Waals surface area contributed by atoms with Gasteiger partial charge < -0.3 is 24.8 Å². The molecule has 0 spiro atoms. The van der Waals surface area contributed by atoms with E-state index >= 15 is 0 Å². The third-order valence-corrected chi connectivity index (χ3v) is 5.60. The number of nitrogens with one attached hydrogen (secondary N) is 1. The van der Waals surface area contributed by atoms with Crippen molar-refractivity contribution in [3.63, 3.8) is 0 Å². The first-order valence-corrected chi connectivity index (χ1v) is 10.8. The van der Waals surface area contributed by atoms with Crippen LogP contribution in [0.15, 0.2) is 35.3 Å². The van der Waals surface area contributed by atoms with Gasteiger partial charge in [-0.3, -0.25) is 9.79 Å². The fraction of sp³-hybridized carbons (Fsp3) is 0.636. The lowest BCUT2D eigenvalue weighted by molar-refractivity contribution is -0.142. The minimum Gasteiger partial charge on any atom is -0.368 e. The van der Waals surface area contributed by atoms with Crippen molar-refractivity contribution in [2.45, 2.75) is 31.9 Å². The average Bonchev–Trinajstić information content (AvgIpc) is 3.29. The lowest BCUT2D eigenvalue weighted by atomic mass is 10.2. The monoisotopic (exact) mass is 401 g/mol. The van der Waals surface area contributed by atoms with E-state index in [2.05, 4.69) is 57.5 Å². The van der Waals surface area contributed by atoms with E-state index in [1.165, 1.54) is 5.56 Å². The summed E-state index contributed by atoms with van der Waals surface area (Å²) >= 11 is 0. The van der Waals surface area contributed by atoms with Crippen LogP contribution in [-0.4, -0.2) is 92.6 Å². The molecule has 160 valence electrons. The van der Waals surface area contributed by atoms with Gasteiger partial charge >= 0.3 is 0 Å². The largest absolute Gasteiger partial charge is 0.368 e. The molecule has 29 heavy (non-hydrogen) atoms. The van der Waals surface area contributed by atoms with Crippen molar-refractivity contribution in [1.82, 2.24) is 20.0 Å². The fourth-order valence-corrected chi connectivity index (χ4v) is 3.97. The zero-order valence-corrected chi connectivity index (χ0v) is 17.8. The molecule has 2 aliphatic rings. The van der Waals surface area contributed by atoms with Crippen LogP contribution in [0.5, 0.6) is 0 Å². The molecule has 0 aromatic heterocycles. The van der Waals surface area contributed by atoms with Crippen LogP contribution < -0.4 is 5.32 Å². The Balaban J connectivity index is 1.33. The highest BCUT2D eigenvalue weighted by atomic mass is 16.5. The van der Waals surface area contributed by atoms with Gasteiger partial charge in [0.1, 0.15) is 6.10 Å². The first kappa shape index (κ1) is 21.6. The molecule has 2 heterocycles. The molecule has 1 N–H and O–H groups in total. The van der Waals surface area contributed by atoms with Crippen molar-refractivity contribution in [1.29, 1.82) is 0 Å². The maximum absolute atomic E-state index is 12.5. The summed E-state index contributed by atoms with van der Waals surface area (Å²) in [5, 5.41) is 3.48. The quantitative estimate of drug-likeness (QED) is 0.425. The second kappa shape index (κ2) is 11.2. The van der Waals surface area contributed by atoms with Gasteiger partial charge in [0.15, 0.2) is 5.96 Å². The van der Waals surface area contributed by atoms with Gasteiger partial charge in [0.2, 0.25) is 0 Å². The summed E-state index contributed by atoms with van der Waals surface area (Å²) in [4.78, 5) is 23.4. The molecular formula is C22H35N5O2. The smallest absolute Gasteiger partial charge is 0.251 e. The molecule has 2 fully saturated rings. The van der Waals surface area contributed by atoms with Crippen molar-refractivity contribution < 1.29 is 9.53 Å². The van der Waals surface area contributed by atoms with E-state index in [0.29, 0.717) is 6.61 Å². The Morgan fingerprint density at radius 1 is 1.21 bits per heavy atom. The molecule has 7 nitrogen and oxygen atoms in total. The summed E-state index contributed by atoms with van der Waals surface area (Å²) in [7, 11) is 3.99. The predicted molar refractivity (Wildman–Crippen MR) is 116 cm³/mol. The van der Waals surface area contributed by atoms with Gasteiger partial charge in [0, 0.05) is 52.9 Å². The van der Waals surface area contributed by atoms with E-state index in [1.54, 1.807) is 0 Å². The van der Waals surface area contributed by atoms with E-state index in [0.717, 1.165) is 71.0 Å². The Bertz CT molecular complexity index is 652. The summed E-state index contributed by atoms with van der Waals surface area (Å²) in [6.07, 6.45) is 2.70. The first-order valence-electron chi connectivity index (χ1n) is 10.8. The first-order chi connectivity index (χ1) is 14.2. The molecular weight excluding hydrogens is 366 g/mol. The van der Waals surface area contributed by atoms with Crippen molar-refractivity contribution in [2.24, 2.45) is 4.99 Å². The molecule has 1 aromatic carbocycles. The number of benzene rings is 1. The summed E-state index contributed by atoms with van der Waals surface area (Å²) in [5.74, 6) is 1.09. The Morgan fingerprint density at radius 3 is 2.59 bits per heavy atom. The van der Waals surface area contributed by atoms with Crippen LogP contribution in [0.1, 0.15) is 24.8 Å². The number of ether oxygens (including phenoxy) is 1. The highest BCUT2D eigenvalue weighted by molar-refractivity contribution is 5.82. The molecule has 0 bridgehead atoms. The minimum absolute atomic E-state index is 0.159. The molecule has 2 aliphatic heterocycles. The molecule has 0 aliphatic carbocycles. The van der Waals surface area contributed by atoms with Crippen molar-refractivity contribution in [3.05, 3.63) is 35.9 Å². The molecule has 1 aromatic rings. The Labute approximate surface area is 174 Å². The van der Waals surface area contributed by atoms with Crippen LogP contribution in [0, 0.1) is 0 Å². The highest BCUT2D eigenvalue weighted by Gasteiger charge is 2.30. The summed E-state index contributed by atoms with van der Waals surface area (Å²) in [6.45, 7) is 6.70. The van der Waals surface area contributed by atoms with Crippen molar-refractivity contribution in [2.75, 3.05) is 60.0 Å². The number of guanidine groups is 1. The summed E-state index contributed by atoms with van der Waals surface area (Å²) < 4.78 is 5.54. The number of aliphatic imine (C=N–C) groups is 1. The molecule has 1 amide bonds. The van der Waals surface area contributed by atoms with Crippen LogP contribution >= 0.6 is 0 Å². The molecule has 3 rings (SSSR count). The van der Waals surface area contributed by atoms with E-state index in [9.17, 15) is 4.79 Å². The van der Waals surface area contributed by atoms with E-state index in [4.69, 9.17) is 4.74 Å². The van der Waals surface area contributed by atoms with Gasteiger partial charge in [-0.05, 0) is 38.4 Å². The number of carbonyl (C=O) groups excluding carboxylic acids is 1. The maximum Gasteiger partial charge on any atom is 0.251 e. The lowest BCUT2D eigenvalue weighted by Gasteiger charge is -2.37. The molecule has 1 unspecified atom stereocenters. The third kappa shape index (κ3) is 6.44. The van der Waals surface area contributed by atoms with Gasteiger partial charge in [-0.1, -0.05) is 30.3 Å². The zero-order chi connectivity index (χ0) is 20.5. The van der Waals surface area contributed by atoms with Gasteiger partial charge in [-0.2, -0.15) is 0 Å². The molecule has 7 heteroatoms. The van der Waals surface area contributed by atoms with Gasteiger partial charge in [-0.15, -0.1) is 0 Å². The van der Waals surface area contributed by atoms with Gasteiger partial charge in [-0.25, -0.2) is 0 Å². The number of hydrogen-bond donors (Lipinski definition) is 1. The van der Waals surface area contributed by atoms with E-state index in [-0.39, 0.29) is 12.0 Å². The molecule has 0 saturated carbocycles. The van der Waals surface area contributed by atoms with Crippen molar-refractivity contribution >= 4 is 11.9 Å². The van der Waals surface area contributed by atoms with Crippen LogP contribution in [-0.2, 0) is 16.1 Å². The number of nitrogens with zero attached hydrogens (tertiary/aromatic N) is 4. The number of carbonyl (C=O) groups is 1. The average molecular weight is 402 g/mol. The molecule has 1 atom stereocenters. The Morgan fingerprint density at radius 2 is 1.93 bits per heavy atom. The standard InChI is InChI=1S/C22H35N5O2/c1-23-22(24-11-7-12-25(2)18-19-8-4-3-5-9-19)27-15-13-26(14-16-27)21(28)20-10-6-17-29-20/h3-5,8-9,20H,6-7,10-18H2,1-2H3,(H,23,24). The molecule has 2 saturated heterocycles. The Kier molecular flexibility index (Phi) is 8.31. The highest BCUT2D eigenvalue weighted by Crippen LogP contribution is 2.16. The van der Waals surface area contributed by atoms with Gasteiger partial charge in [0.05, 0.1) is 0 Å². The third-order valence-electron chi connectivity index (χ3n) is 5.60. The summed E-state index contributed by atoms with van der Waals surface area (Å²) in [5.41, 5.74) is 1.34. The van der Waals surface area contributed by atoms with Gasteiger partial charge in [0.25, 0.3) is 5.91 Å². The van der Waals surface area contributed by atoms with Crippen LogP contribution in [0.25, 0.3) is 0 Å². The number of piperazine rings is 1. The normalized spacial score (nSPS) is 20.4. The topological polar surface area (TPSA) is 60.4 Å². The van der Waals surface area contributed by atoms with Crippen LogP contribution in [0.3, 0.4) is 0 Å². The number of rotatable bonds is 7.